The number of benzene rings is 1. The molecule has 1 aromatic heterocycles. The predicted octanol–water partition coefficient (Wildman–Crippen LogP) is 2.09. The van der Waals surface area contributed by atoms with Crippen molar-refractivity contribution in [3.05, 3.63) is 64.3 Å². The summed E-state index contributed by atoms with van der Waals surface area (Å²) >= 11 is 0. The van der Waals surface area contributed by atoms with Crippen molar-refractivity contribution in [2.45, 2.75) is 19.5 Å². The number of nitrogens with two attached hydrogens (primary N) is 1. The summed E-state index contributed by atoms with van der Waals surface area (Å²) in [7, 11) is 0. The molecule has 4 nitrogen and oxygen atoms in total. The quantitative estimate of drug-likeness (QED) is 0.909. The monoisotopic (exact) mass is 276 g/mol. The van der Waals surface area contributed by atoms with Crippen LogP contribution in [0.15, 0.2) is 47.4 Å². The van der Waals surface area contributed by atoms with E-state index >= 15 is 0 Å². The van der Waals surface area contributed by atoms with E-state index in [-0.39, 0.29) is 24.0 Å². The molecule has 2 rings (SSSR count). The molecule has 5 heteroatoms. The minimum absolute atomic E-state index is 0.0947. The van der Waals surface area contributed by atoms with Gasteiger partial charge in [0.1, 0.15) is 18.2 Å². The van der Waals surface area contributed by atoms with E-state index < -0.39 is 0 Å². The Hall–Kier alpha value is -2.14. The molecule has 0 radical (unpaired) electrons. The zero-order valence-corrected chi connectivity index (χ0v) is 11.3. The molecule has 1 heterocycles. The Morgan fingerprint density at radius 3 is 2.85 bits per heavy atom. The molecule has 0 unspecified atom stereocenters. The highest BCUT2D eigenvalue weighted by molar-refractivity contribution is 5.36. The van der Waals surface area contributed by atoms with Crippen LogP contribution >= 0.6 is 0 Å². The van der Waals surface area contributed by atoms with Gasteiger partial charge >= 0.3 is 0 Å². The van der Waals surface area contributed by atoms with Crippen LogP contribution in [0.1, 0.15) is 18.5 Å². The van der Waals surface area contributed by atoms with Crippen LogP contribution in [0.2, 0.25) is 0 Å². The van der Waals surface area contributed by atoms with Gasteiger partial charge in [-0.25, -0.2) is 4.39 Å². The van der Waals surface area contributed by atoms with Crippen molar-refractivity contribution in [3.8, 4) is 5.75 Å². The Labute approximate surface area is 116 Å². The molecule has 0 fully saturated rings. The number of aromatic nitrogens is 1. The lowest BCUT2D eigenvalue weighted by Crippen LogP contribution is -2.21. The number of ether oxygens (including phenoxy) is 1. The van der Waals surface area contributed by atoms with Crippen LogP contribution in [0.25, 0.3) is 0 Å². The molecule has 1 aromatic carbocycles. The van der Waals surface area contributed by atoms with E-state index in [0.717, 1.165) is 5.56 Å². The lowest BCUT2D eigenvalue weighted by Gasteiger charge is -2.14. The molecule has 106 valence electrons. The van der Waals surface area contributed by atoms with E-state index in [2.05, 4.69) is 0 Å². The predicted molar refractivity (Wildman–Crippen MR) is 75.2 cm³/mol. The topological polar surface area (TPSA) is 57.2 Å². The smallest absolute Gasteiger partial charge is 0.250 e. The van der Waals surface area contributed by atoms with Crippen LogP contribution in [-0.2, 0) is 6.54 Å². The van der Waals surface area contributed by atoms with E-state index in [0.29, 0.717) is 12.3 Å². The van der Waals surface area contributed by atoms with Gasteiger partial charge in [-0.05, 0) is 19.1 Å². The van der Waals surface area contributed by atoms with Crippen molar-refractivity contribution >= 4 is 0 Å². The SMILES string of the molecule is C[C@H](N)c1ccc(F)cc1OCCn1ccccc1=O. The third-order valence-corrected chi connectivity index (χ3v) is 2.95. The summed E-state index contributed by atoms with van der Waals surface area (Å²) in [6, 6.07) is 8.97. The van der Waals surface area contributed by atoms with Crippen molar-refractivity contribution < 1.29 is 9.13 Å². The summed E-state index contributed by atoms with van der Waals surface area (Å²) in [6.45, 7) is 2.48. The molecular weight excluding hydrogens is 259 g/mol. The van der Waals surface area contributed by atoms with Crippen LogP contribution in [0.3, 0.4) is 0 Å². The number of hydrogen-bond acceptors (Lipinski definition) is 3. The first-order valence-electron chi connectivity index (χ1n) is 6.41. The molecule has 0 aliphatic carbocycles. The average molecular weight is 276 g/mol. The Balaban J connectivity index is 2.06. The van der Waals surface area contributed by atoms with Crippen molar-refractivity contribution in [1.82, 2.24) is 4.57 Å². The van der Waals surface area contributed by atoms with Crippen molar-refractivity contribution in [2.24, 2.45) is 5.73 Å². The maximum atomic E-state index is 13.2. The van der Waals surface area contributed by atoms with Gasteiger partial charge in [-0.15, -0.1) is 0 Å². The van der Waals surface area contributed by atoms with E-state index in [1.165, 1.54) is 22.8 Å². The van der Waals surface area contributed by atoms with Gasteiger partial charge in [0.15, 0.2) is 0 Å². The van der Waals surface area contributed by atoms with Gasteiger partial charge in [0.2, 0.25) is 0 Å². The minimum atomic E-state index is -0.374. The average Bonchev–Trinajstić information content (AvgIpc) is 2.41. The summed E-state index contributed by atoms with van der Waals surface area (Å²) in [5.41, 5.74) is 6.46. The van der Waals surface area contributed by atoms with Gasteiger partial charge in [-0.1, -0.05) is 12.1 Å². The van der Waals surface area contributed by atoms with Gasteiger partial charge < -0.3 is 15.0 Å². The fraction of sp³-hybridized carbons (Fsp3) is 0.267. The lowest BCUT2D eigenvalue weighted by molar-refractivity contribution is 0.291. The molecule has 2 aromatic rings. The number of pyridine rings is 1. The van der Waals surface area contributed by atoms with Crippen LogP contribution in [0.4, 0.5) is 4.39 Å². The third kappa shape index (κ3) is 3.45. The molecule has 0 saturated carbocycles. The molecule has 2 N–H and O–H groups in total. The van der Waals surface area contributed by atoms with Gasteiger partial charge in [0.25, 0.3) is 5.56 Å². The number of rotatable bonds is 5. The third-order valence-electron chi connectivity index (χ3n) is 2.95. The first-order chi connectivity index (χ1) is 9.58. The summed E-state index contributed by atoms with van der Waals surface area (Å²) in [6.07, 6.45) is 1.68. The fourth-order valence-corrected chi connectivity index (χ4v) is 1.91. The molecule has 0 bridgehead atoms. The largest absolute Gasteiger partial charge is 0.491 e. The molecular formula is C15H17FN2O2. The first-order valence-corrected chi connectivity index (χ1v) is 6.41. The van der Waals surface area contributed by atoms with E-state index in [1.54, 1.807) is 24.4 Å². The Morgan fingerprint density at radius 2 is 2.15 bits per heavy atom. The van der Waals surface area contributed by atoms with Gasteiger partial charge in [-0.3, -0.25) is 4.79 Å². The molecule has 0 saturated heterocycles. The Bertz CT molecular complexity index is 638. The fourth-order valence-electron chi connectivity index (χ4n) is 1.91. The zero-order chi connectivity index (χ0) is 14.5. The van der Waals surface area contributed by atoms with Crippen LogP contribution in [0.5, 0.6) is 5.75 Å². The molecule has 0 spiro atoms. The normalized spacial score (nSPS) is 12.2. The molecule has 1 atom stereocenters. The van der Waals surface area contributed by atoms with Crippen LogP contribution in [-0.4, -0.2) is 11.2 Å². The standard InChI is InChI=1S/C15H17FN2O2/c1-11(17)13-6-5-12(16)10-14(13)20-9-8-18-7-3-2-4-15(18)19/h2-7,10-11H,8-9,17H2,1H3/t11-/m0/s1. The molecule has 0 aliphatic heterocycles. The van der Waals surface area contributed by atoms with Crippen molar-refractivity contribution in [2.75, 3.05) is 6.61 Å². The highest BCUT2D eigenvalue weighted by atomic mass is 19.1. The van der Waals surface area contributed by atoms with E-state index in [4.69, 9.17) is 10.5 Å². The lowest BCUT2D eigenvalue weighted by atomic mass is 10.1. The number of hydrogen-bond donors (Lipinski definition) is 1. The molecule has 20 heavy (non-hydrogen) atoms. The molecule has 0 aliphatic rings. The number of nitrogens with zero attached hydrogens (tertiary/aromatic N) is 1. The van der Waals surface area contributed by atoms with Gasteiger partial charge in [0.05, 0.1) is 6.54 Å². The minimum Gasteiger partial charge on any atom is -0.491 e. The zero-order valence-electron chi connectivity index (χ0n) is 11.3. The van der Waals surface area contributed by atoms with Crippen LogP contribution < -0.4 is 16.0 Å². The second kappa shape index (κ2) is 6.34. The van der Waals surface area contributed by atoms with E-state index in [1.807, 2.05) is 6.92 Å². The Morgan fingerprint density at radius 1 is 1.35 bits per heavy atom. The second-order valence-corrected chi connectivity index (χ2v) is 4.55. The number of halogens is 1. The van der Waals surface area contributed by atoms with Gasteiger partial charge in [0, 0.05) is 29.9 Å². The van der Waals surface area contributed by atoms with Gasteiger partial charge in [-0.2, -0.15) is 0 Å². The van der Waals surface area contributed by atoms with Crippen LogP contribution in [0, 0.1) is 5.82 Å². The summed E-state index contributed by atoms with van der Waals surface area (Å²) in [5, 5.41) is 0. The Kier molecular flexibility index (Phi) is 4.53. The summed E-state index contributed by atoms with van der Waals surface area (Å²) < 4.78 is 20.3. The van der Waals surface area contributed by atoms with Crippen molar-refractivity contribution in [1.29, 1.82) is 0 Å². The maximum absolute atomic E-state index is 13.2. The first kappa shape index (κ1) is 14.3. The molecule has 0 amide bonds. The highest BCUT2D eigenvalue weighted by Crippen LogP contribution is 2.24. The van der Waals surface area contributed by atoms with Crippen molar-refractivity contribution in [3.63, 3.8) is 0 Å². The summed E-state index contributed by atoms with van der Waals surface area (Å²) in [5.74, 6) is 0.0465. The second-order valence-electron chi connectivity index (χ2n) is 4.55. The maximum Gasteiger partial charge on any atom is 0.250 e. The summed E-state index contributed by atoms with van der Waals surface area (Å²) in [4.78, 5) is 11.5. The highest BCUT2D eigenvalue weighted by Gasteiger charge is 2.09. The van der Waals surface area contributed by atoms with E-state index in [9.17, 15) is 9.18 Å².